The maximum absolute atomic E-state index is 10.7. The van der Waals surface area contributed by atoms with E-state index in [2.05, 4.69) is 10.2 Å². The van der Waals surface area contributed by atoms with Crippen LogP contribution in [0.3, 0.4) is 0 Å². The van der Waals surface area contributed by atoms with Crippen LogP contribution in [0.5, 0.6) is 0 Å². The Bertz CT molecular complexity index is 160. The van der Waals surface area contributed by atoms with E-state index in [1.54, 1.807) is 0 Å². The second kappa shape index (κ2) is 7.76. The summed E-state index contributed by atoms with van der Waals surface area (Å²) in [5.74, 6) is -0.739. The molecule has 1 atom stereocenters. The maximum atomic E-state index is 10.7. The molecule has 0 bridgehead atoms. The van der Waals surface area contributed by atoms with Crippen LogP contribution in [0, 0.1) is 0 Å². The van der Waals surface area contributed by atoms with E-state index < -0.39 is 5.97 Å². The third-order valence-electron chi connectivity index (χ3n) is 2.05. The fraction of sp³-hybridized carbons (Fsp3) is 0.900. The van der Waals surface area contributed by atoms with Crippen LogP contribution in [-0.2, 0) is 4.79 Å². The van der Waals surface area contributed by atoms with E-state index in [0.29, 0.717) is 6.42 Å². The van der Waals surface area contributed by atoms with E-state index in [0.717, 1.165) is 25.9 Å². The first-order chi connectivity index (χ1) is 6.57. The standard InChI is InChI=1S/C10H22N2O2/c1-4-6-9(10(13)14)11-7-5-8-12(2)3/h9,11H,4-8H2,1-3H3,(H,13,14). The maximum Gasteiger partial charge on any atom is 0.320 e. The number of carboxylic acid groups (broad SMARTS) is 1. The molecule has 84 valence electrons. The van der Waals surface area contributed by atoms with Crippen LogP contribution >= 0.6 is 0 Å². The molecule has 0 aliphatic carbocycles. The van der Waals surface area contributed by atoms with Crippen molar-refractivity contribution < 1.29 is 9.90 Å². The lowest BCUT2D eigenvalue weighted by Gasteiger charge is -2.14. The summed E-state index contributed by atoms with van der Waals surface area (Å²) in [4.78, 5) is 12.8. The van der Waals surface area contributed by atoms with Crippen molar-refractivity contribution in [3.05, 3.63) is 0 Å². The summed E-state index contributed by atoms with van der Waals surface area (Å²) >= 11 is 0. The summed E-state index contributed by atoms with van der Waals surface area (Å²) in [6, 6.07) is -0.373. The third kappa shape index (κ3) is 6.86. The fourth-order valence-corrected chi connectivity index (χ4v) is 1.27. The zero-order chi connectivity index (χ0) is 11.0. The number of rotatable bonds is 8. The van der Waals surface area contributed by atoms with Crippen LogP contribution in [0.15, 0.2) is 0 Å². The van der Waals surface area contributed by atoms with Crippen LogP contribution in [0.25, 0.3) is 0 Å². The van der Waals surface area contributed by atoms with Gasteiger partial charge in [0, 0.05) is 0 Å². The number of hydrogen-bond donors (Lipinski definition) is 2. The SMILES string of the molecule is CCCC(NCCCN(C)C)C(=O)O. The molecule has 0 saturated carbocycles. The molecule has 0 aliphatic rings. The van der Waals surface area contributed by atoms with Crippen molar-refractivity contribution in [1.29, 1.82) is 0 Å². The molecular formula is C10H22N2O2. The molecule has 0 saturated heterocycles. The Morgan fingerprint density at radius 2 is 2.14 bits per heavy atom. The zero-order valence-electron chi connectivity index (χ0n) is 9.42. The lowest BCUT2D eigenvalue weighted by molar-refractivity contribution is -0.139. The number of carboxylic acids is 1. The van der Waals surface area contributed by atoms with E-state index >= 15 is 0 Å². The van der Waals surface area contributed by atoms with Gasteiger partial charge in [-0.25, -0.2) is 0 Å². The Labute approximate surface area is 86.3 Å². The lowest BCUT2D eigenvalue weighted by Crippen LogP contribution is -2.37. The van der Waals surface area contributed by atoms with Gasteiger partial charge in [-0.15, -0.1) is 0 Å². The number of nitrogens with zero attached hydrogens (tertiary/aromatic N) is 1. The first kappa shape index (κ1) is 13.4. The summed E-state index contributed by atoms with van der Waals surface area (Å²) in [6.45, 7) is 3.76. The van der Waals surface area contributed by atoms with Crippen LogP contribution in [0.2, 0.25) is 0 Å². The molecule has 0 aromatic heterocycles. The quantitative estimate of drug-likeness (QED) is 0.571. The number of hydrogen-bond acceptors (Lipinski definition) is 3. The van der Waals surface area contributed by atoms with Crippen LogP contribution in [-0.4, -0.2) is 49.2 Å². The number of aliphatic carboxylic acids is 1. The van der Waals surface area contributed by atoms with Gasteiger partial charge >= 0.3 is 5.97 Å². The van der Waals surface area contributed by atoms with Crippen LogP contribution in [0.1, 0.15) is 26.2 Å². The van der Waals surface area contributed by atoms with Crippen molar-refractivity contribution >= 4 is 5.97 Å². The van der Waals surface area contributed by atoms with Gasteiger partial charge in [0.25, 0.3) is 0 Å². The molecular weight excluding hydrogens is 180 g/mol. The van der Waals surface area contributed by atoms with Crippen molar-refractivity contribution in [3.8, 4) is 0 Å². The van der Waals surface area contributed by atoms with Crippen molar-refractivity contribution in [2.24, 2.45) is 0 Å². The Morgan fingerprint density at radius 3 is 2.57 bits per heavy atom. The number of carbonyl (C=O) groups is 1. The van der Waals surface area contributed by atoms with Crippen LogP contribution in [0.4, 0.5) is 0 Å². The molecule has 0 rings (SSSR count). The van der Waals surface area contributed by atoms with Gasteiger partial charge in [-0.2, -0.15) is 0 Å². The predicted molar refractivity (Wildman–Crippen MR) is 57.5 cm³/mol. The van der Waals surface area contributed by atoms with E-state index in [-0.39, 0.29) is 6.04 Å². The summed E-state index contributed by atoms with van der Waals surface area (Å²) in [7, 11) is 4.03. The molecule has 0 radical (unpaired) electrons. The van der Waals surface area contributed by atoms with Crippen molar-refractivity contribution in [3.63, 3.8) is 0 Å². The smallest absolute Gasteiger partial charge is 0.320 e. The number of nitrogens with one attached hydrogen (secondary N) is 1. The second-order valence-electron chi connectivity index (χ2n) is 3.79. The molecule has 0 fully saturated rings. The molecule has 0 aliphatic heterocycles. The van der Waals surface area contributed by atoms with Gasteiger partial charge in [-0.3, -0.25) is 4.79 Å². The third-order valence-corrected chi connectivity index (χ3v) is 2.05. The Balaban J connectivity index is 3.56. The Kier molecular flexibility index (Phi) is 7.42. The first-order valence-electron chi connectivity index (χ1n) is 5.18. The zero-order valence-corrected chi connectivity index (χ0v) is 9.42. The highest BCUT2D eigenvalue weighted by Crippen LogP contribution is 1.96. The minimum absolute atomic E-state index is 0.373. The predicted octanol–water partition coefficient (Wildman–Crippen LogP) is 0.781. The van der Waals surface area contributed by atoms with Gasteiger partial charge < -0.3 is 15.3 Å². The average molecular weight is 202 g/mol. The topological polar surface area (TPSA) is 52.6 Å². The van der Waals surface area contributed by atoms with Crippen molar-refractivity contribution in [1.82, 2.24) is 10.2 Å². The summed E-state index contributed by atoms with van der Waals surface area (Å²) < 4.78 is 0. The van der Waals surface area contributed by atoms with E-state index in [9.17, 15) is 4.79 Å². The van der Waals surface area contributed by atoms with E-state index in [1.165, 1.54) is 0 Å². The van der Waals surface area contributed by atoms with Crippen molar-refractivity contribution in [2.45, 2.75) is 32.2 Å². The largest absolute Gasteiger partial charge is 0.480 e. The molecule has 2 N–H and O–H groups in total. The molecule has 0 aromatic rings. The monoisotopic (exact) mass is 202 g/mol. The molecule has 4 heteroatoms. The highest BCUT2D eigenvalue weighted by Gasteiger charge is 2.14. The van der Waals surface area contributed by atoms with Gasteiger partial charge in [-0.1, -0.05) is 13.3 Å². The molecule has 0 spiro atoms. The van der Waals surface area contributed by atoms with E-state index in [1.807, 2.05) is 21.0 Å². The molecule has 0 aromatic carbocycles. The summed E-state index contributed by atoms with van der Waals surface area (Å²) in [5, 5.41) is 11.9. The van der Waals surface area contributed by atoms with Gasteiger partial charge in [0.2, 0.25) is 0 Å². The summed E-state index contributed by atoms with van der Waals surface area (Å²) in [6.07, 6.45) is 2.59. The first-order valence-corrected chi connectivity index (χ1v) is 5.18. The Hall–Kier alpha value is -0.610. The molecule has 14 heavy (non-hydrogen) atoms. The van der Waals surface area contributed by atoms with Gasteiger partial charge in [0.1, 0.15) is 6.04 Å². The molecule has 1 unspecified atom stereocenters. The molecule has 0 amide bonds. The van der Waals surface area contributed by atoms with Gasteiger partial charge in [0.15, 0.2) is 0 Å². The average Bonchev–Trinajstić information content (AvgIpc) is 2.09. The molecule has 4 nitrogen and oxygen atoms in total. The minimum atomic E-state index is -0.739. The molecule has 0 heterocycles. The summed E-state index contributed by atoms with van der Waals surface area (Å²) in [5.41, 5.74) is 0. The van der Waals surface area contributed by atoms with Crippen molar-refractivity contribution in [2.75, 3.05) is 27.2 Å². The lowest BCUT2D eigenvalue weighted by atomic mass is 10.1. The minimum Gasteiger partial charge on any atom is -0.480 e. The Morgan fingerprint density at radius 1 is 1.50 bits per heavy atom. The fourth-order valence-electron chi connectivity index (χ4n) is 1.27. The van der Waals surface area contributed by atoms with Gasteiger partial charge in [0.05, 0.1) is 0 Å². The highest BCUT2D eigenvalue weighted by atomic mass is 16.4. The van der Waals surface area contributed by atoms with Crippen LogP contribution < -0.4 is 5.32 Å². The highest BCUT2D eigenvalue weighted by molar-refractivity contribution is 5.73. The second-order valence-corrected chi connectivity index (χ2v) is 3.79. The van der Waals surface area contributed by atoms with E-state index in [4.69, 9.17) is 5.11 Å². The normalized spacial score (nSPS) is 13.1. The van der Waals surface area contributed by atoms with Gasteiger partial charge in [-0.05, 0) is 40.0 Å².